The standard InChI is InChI=1S/C10H10ClN3OS/c1-6-3-8(11)13-9(12-6)4-14-7(2)5-16-10(14)15/h3,5H,4H2,1-2H3. The first-order chi connectivity index (χ1) is 7.56. The van der Waals surface area contributed by atoms with Crippen LogP contribution in [0.3, 0.4) is 0 Å². The molecule has 0 aliphatic rings. The van der Waals surface area contributed by atoms with Gasteiger partial charge in [0.1, 0.15) is 11.0 Å². The average Bonchev–Trinajstić information content (AvgIpc) is 2.48. The van der Waals surface area contributed by atoms with Crippen molar-refractivity contribution in [3.05, 3.63) is 43.5 Å². The van der Waals surface area contributed by atoms with Crippen molar-refractivity contribution >= 4 is 22.9 Å². The Morgan fingerprint density at radius 1 is 1.44 bits per heavy atom. The highest BCUT2D eigenvalue weighted by Gasteiger charge is 2.06. The smallest absolute Gasteiger partial charge is 0.296 e. The Labute approximate surface area is 102 Å². The van der Waals surface area contributed by atoms with Gasteiger partial charge in [0, 0.05) is 16.8 Å². The number of halogens is 1. The van der Waals surface area contributed by atoms with Crippen LogP contribution in [0.1, 0.15) is 17.2 Å². The summed E-state index contributed by atoms with van der Waals surface area (Å²) in [6.07, 6.45) is 0. The van der Waals surface area contributed by atoms with Gasteiger partial charge in [0.15, 0.2) is 0 Å². The van der Waals surface area contributed by atoms with Crippen LogP contribution in [0.4, 0.5) is 0 Å². The van der Waals surface area contributed by atoms with Crippen molar-refractivity contribution < 1.29 is 0 Å². The molecule has 84 valence electrons. The summed E-state index contributed by atoms with van der Waals surface area (Å²) in [7, 11) is 0. The number of nitrogens with zero attached hydrogens (tertiary/aromatic N) is 3. The maximum atomic E-state index is 11.5. The third-order valence-electron chi connectivity index (χ3n) is 2.15. The fourth-order valence-electron chi connectivity index (χ4n) is 1.40. The van der Waals surface area contributed by atoms with E-state index in [9.17, 15) is 4.79 Å². The van der Waals surface area contributed by atoms with E-state index in [0.29, 0.717) is 17.5 Å². The molecule has 0 aliphatic heterocycles. The Kier molecular flexibility index (Phi) is 3.07. The van der Waals surface area contributed by atoms with E-state index in [1.54, 1.807) is 10.6 Å². The van der Waals surface area contributed by atoms with Crippen molar-refractivity contribution in [1.82, 2.24) is 14.5 Å². The minimum Gasteiger partial charge on any atom is -0.296 e. The van der Waals surface area contributed by atoms with E-state index in [0.717, 1.165) is 11.4 Å². The number of thiazole rings is 1. The van der Waals surface area contributed by atoms with Crippen LogP contribution in [0.5, 0.6) is 0 Å². The highest BCUT2D eigenvalue weighted by Crippen LogP contribution is 2.08. The summed E-state index contributed by atoms with van der Waals surface area (Å²) in [5.41, 5.74) is 1.71. The Morgan fingerprint density at radius 2 is 2.19 bits per heavy atom. The van der Waals surface area contributed by atoms with Crippen LogP contribution in [0, 0.1) is 13.8 Å². The summed E-state index contributed by atoms with van der Waals surface area (Å²) in [4.78, 5) is 19.8. The number of aromatic nitrogens is 3. The lowest BCUT2D eigenvalue weighted by atomic mass is 10.4. The zero-order valence-electron chi connectivity index (χ0n) is 8.90. The minimum absolute atomic E-state index is 0.00118. The SMILES string of the molecule is Cc1cc(Cl)nc(Cn2c(C)csc2=O)n1. The normalized spacial score (nSPS) is 10.7. The lowest BCUT2D eigenvalue weighted by molar-refractivity contribution is 0.707. The first-order valence-electron chi connectivity index (χ1n) is 4.71. The van der Waals surface area contributed by atoms with Gasteiger partial charge in [-0.15, -0.1) is 0 Å². The summed E-state index contributed by atoms with van der Waals surface area (Å²) in [5.74, 6) is 0.564. The molecule has 0 radical (unpaired) electrons. The van der Waals surface area contributed by atoms with Gasteiger partial charge < -0.3 is 0 Å². The van der Waals surface area contributed by atoms with Gasteiger partial charge in [0.25, 0.3) is 0 Å². The van der Waals surface area contributed by atoms with Gasteiger partial charge in [-0.3, -0.25) is 9.36 Å². The molecule has 0 atom stereocenters. The number of rotatable bonds is 2. The van der Waals surface area contributed by atoms with Crippen molar-refractivity contribution in [1.29, 1.82) is 0 Å². The van der Waals surface area contributed by atoms with E-state index < -0.39 is 0 Å². The van der Waals surface area contributed by atoms with Gasteiger partial charge in [-0.05, 0) is 19.9 Å². The number of hydrogen-bond donors (Lipinski definition) is 0. The molecule has 0 aromatic carbocycles. The Balaban J connectivity index is 2.37. The summed E-state index contributed by atoms with van der Waals surface area (Å²) in [6.45, 7) is 4.10. The third kappa shape index (κ3) is 2.31. The molecule has 2 heterocycles. The molecule has 0 saturated heterocycles. The first-order valence-corrected chi connectivity index (χ1v) is 5.97. The van der Waals surface area contributed by atoms with Crippen LogP contribution in [0.15, 0.2) is 16.2 Å². The van der Waals surface area contributed by atoms with Crippen molar-refractivity contribution in [3.8, 4) is 0 Å². The molecular weight excluding hydrogens is 246 g/mol. The quantitative estimate of drug-likeness (QED) is 0.772. The van der Waals surface area contributed by atoms with Gasteiger partial charge in [-0.2, -0.15) is 0 Å². The zero-order valence-corrected chi connectivity index (χ0v) is 10.5. The second kappa shape index (κ2) is 4.35. The van der Waals surface area contributed by atoms with Gasteiger partial charge in [-0.25, -0.2) is 9.97 Å². The molecule has 0 amide bonds. The van der Waals surface area contributed by atoms with E-state index in [2.05, 4.69) is 9.97 Å². The molecule has 0 spiro atoms. The maximum absolute atomic E-state index is 11.5. The van der Waals surface area contributed by atoms with Crippen LogP contribution in [-0.4, -0.2) is 14.5 Å². The maximum Gasteiger partial charge on any atom is 0.307 e. The molecule has 2 aromatic rings. The van der Waals surface area contributed by atoms with E-state index in [1.165, 1.54) is 11.3 Å². The summed E-state index contributed by atoms with van der Waals surface area (Å²) >= 11 is 7.01. The summed E-state index contributed by atoms with van der Waals surface area (Å²) in [6, 6.07) is 1.69. The van der Waals surface area contributed by atoms with E-state index >= 15 is 0 Å². The molecule has 2 aromatic heterocycles. The van der Waals surface area contributed by atoms with Crippen molar-refractivity contribution in [2.75, 3.05) is 0 Å². The molecule has 0 unspecified atom stereocenters. The van der Waals surface area contributed by atoms with Crippen LogP contribution in [-0.2, 0) is 6.54 Å². The molecule has 0 saturated carbocycles. The van der Waals surface area contributed by atoms with E-state index in [1.807, 2.05) is 19.2 Å². The number of hydrogen-bond acceptors (Lipinski definition) is 4. The molecule has 6 heteroatoms. The average molecular weight is 256 g/mol. The lowest BCUT2D eigenvalue weighted by Crippen LogP contribution is -2.17. The highest BCUT2D eigenvalue weighted by atomic mass is 35.5. The fraction of sp³-hybridized carbons (Fsp3) is 0.300. The van der Waals surface area contributed by atoms with Crippen LogP contribution < -0.4 is 4.87 Å². The second-order valence-corrected chi connectivity index (χ2v) is 4.69. The second-order valence-electron chi connectivity index (χ2n) is 3.48. The number of aryl methyl sites for hydroxylation is 2. The zero-order chi connectivity index (χ0) is 11.7. The Morgan fingerprint density at radius 3 is 2.75 bits per heavy atom. The van der Waals surface area contributed by atoms with Crippen LogP contribution in [0.25, 0.3) is 0 Å². The van der Waals surface area contributed by atoms with Gasteiger partial charge in [0.2, 0.25) is 0 Å². The van der Waals surface area contributed by atoms with Crippen molar-refractivity contribution in [2.24, 2.45) is 0 Å². The topological polar surface area (TPSA) is 47.8 Å². The third-order valence-corrected chi connectivity index (χ3v) is 3.22. The predicted molar refractivity (Wildman–Crippen MR) is 64.2 cm³/mol. The Bertz CT molecular complexity index is 555. The van der Waals surface area contributed by atoms with E-state index in [4.69, 9.17) is 11.6 Å². The monoisotopic (exact) mass is 255 g/mol. The summed E-state index contributed by atoms with van der Waals surface area (Å²) < 4.78 is 1.63. The largest absolute Gasteiger partial charge is 0.307 e. The molecule has 4 nitrogen and oxygen atoms in total. The van der Waals surface area contributed by atoms with Gasteiger partial charge >= 0.3 is 4.87 Å². The molecule has 2 rings (SSSR count). The lowest BCUT2D eigenvalue weighted by Gasteiger charge is -2.04. The first kappa shape index (κ1) is 11.3. The van der Waals surface area contributed by atoms with Gasteiger partial charge in [-0.1, -0.05) is 22.9 Å². The van der Waals surface area contributed by atoms with Crippen molar-refractivity contribution in [3.63, 3.8) is 0 Å². The molecule has 0 bridgehead atoms. The molecular formula is C10H10ClN3OS. The highest BCUT2D eigenvalue weighted by molar-refractivity contribution is 7.07. The van der Waals surface area contributed by atoms with Gasteiger partial charge in [0.05, 0.1) is 6.54 Å². The molecule has 0 fully saturated rings. The van der Waals surface area contributed by atoms with Crippen LogP contribution >= 0.6 is 22.9 Å². The Hall–Kier alpha value is -1.20. The summed E-state index contributed by atoms with van der Waals surface area (Å²) in [5, 5.41) is 2.23. The molecule has 0 aliphatic carbocycles. The van der Waals surface area contributed by atoms with Crippen molar-refractivity contribution in [2.45, 2.75) is 20.4 Å². The van der Waals surface area contributed by atoms with Crippen LogP contribution in [0.2, 0.25) is 5.15 Å². The minimum atomic E-state index is -0.00118. The van der Waals surface area contributed by atoms with E-state index in [-0.39, 0.29) is 4.87 Å². The molecule has 0 N–H and O–H groups in total. The predicted octanol–water partition coefficient (Wildman–Crippen LogP) is 2.02. The fourth-order valence-corrected chi connectivity index (χ4v) is 2.39. The molecule has 16 heavy (non-hydrogen) atoms.